The van der Waals surface area contributed by atoms with Gasteiger partial charge in [0.2, 0.25) is 0 Å². The highest BCUT2D eigenvalue weighted by Crippen LogP contribution is 2.31. The van der Waals surface area contributed by atoms with Gasteiger partial charge < -0.3 is 16.2 Å². The maximum Gasteiger partial charge on any atom is 0.337 e. The minimum atomic E-state index is -0.971. The molecule has 0 fully saturated rings. The van der Waals surface area contributed by atoms with Crippen molar-refractivity contribution in [2.45, 2.75) is 46.6 Å². The average Bonchev–Trinajstić information content (AvgIpc) is 2.16. The molecule has 0 amide bonds. The van der Waals surface area contributed by atoms with Crippen LogP contribution in [0.2, 0.25) is 0 Å². The number of rotatable bonds is 4. The summed E-state index contributed by atoms with van der Waals surface area (Å²) in [6.07, 6.45) is 0.920. The smallest absolute Gasteiger partial charge is 0.337 e. The summed E-state index contributed by atoms with van der Waals surface area (Å²) in [5, 5.41) is 12.5. The summed E-state index contributed by atoms with van der Waals surface area (Å²) in [5.41, 5.74) is 6.88. The van der Waals surface area contributed by atoms with Crippen molar-refractivity contribution < 1.29 is 9.90 Å². The molecule has 0 spiro atoms. The number of benzene rings is 1. The highest BCUT2D eigenvalue weighted by molar-refractivity contribution is 5.95. The van der Waals surface area contributed by atoms with E-state index in [2.05, 4.69) is 39.9 Å². The van der Waals surface area contributed by atoms with Crippen molar-refractivity contribution in [2.75, 3.05) is 11.1 Å². The monoisotopic (exact) mass is 264 g/mol. The van der Waals surface area contributed by atoms with E-state index in [1.54, 1.807) is 12.1 Å². The van der Waals surface area contributed by atoms with Crippen LogP contribution < -0.4 is 11.1 Å². The molecule has 0 atom stereocenters. The third kappa shape index (κ3) is 4.81. The minimum Gasteiger partial charge on any atom is -0.478 e. The van der Waals surface area contributed by atoms with E-state index in [0.29, 0.717) is 11.4 Å². The number of nitrogens with one attached hydrogen (secondary N) is 1. The third-order valence-corrected chi connectivity index (χ3v) is 2.72. The van der Waals surface area contributed by atoms with Gasteiger partial charge in [-0.25, -0.2) is 4.79 Å². The molecular formula is C15H24N2O2. The van der Waals surface area contributed by atoms with Gasteiger partial charge in [0.25, 0.3) is 0 Å². The second-order valence-electron chi connectivity index (χ2n) is 6.86. The van der Waals surface area contributed by atoms with Gasteiger partial charge in [-0.15, -0.1) is 0 Å². The van der Waals surface area contributed by atoms with E-state index in [-0.39, 0.29) is 16.5 Å². The number of hydrogen-bond acceptors (Lipinski definition) is 3. The minimum absolute atomic E-state index is 0.160. The molecule has 0 bridgehead atoms. The van der Waals surface area contributed by atoms with Crippen molar-refractivity contribution >= 4 is 17.3 Å². The number of nitrogens with two attached hydrogens (primary N) is 1. The van der Waals surface area contributed by atoms with Crippen LogP contribution in [0.4, 0.5) is 11.4 Å². The summed E-state index contributed by atoms with van der Waals surface area (Å²) in [4.78, 5) is 11.2. The predicted molar refractivity (Wildman–Crippen MR) is 79.6 cm³/mol. The van der Waals surface area contributed by atoms with Crippen LogP contribution in [0.3, 0.4) is 0 Å². The normalized spacial score (nSPS) is 12.3. The zero-order valence-corrected chi connectivity index (χ0v) is 12.4. The first-order chi connectivity index (χ1) is 8.50. The van der Waals surface area contributed by atoms with Gasteiger partial charge in [0.1, 0.15) is 0 Å². The second kappa shape index (κ2) is 5.11. The van der Waals surface area contributed by atoms with Crippen molar-refractivity contribution in [3.63, 3.8) is 0 Å². The summed E-state index contributed by atoms with van der Waals surface area (Å²) < 4.78 is 0. The van der Waals surface area contributed by atoms with E-state index in [4.69, 9.17) is 5.73 Å². The number of aromatic carboxylic acids is 1. The number of carboxylic acid groups (broad SMARTS) is 1. The fourth-order valence-electron chi connectivity index (χ4n) is 2.58. The third-order valence-electron chi connectivity index (χ3n) is 2.72. The highest BCUT2D eigenvalue weighted by Gasteiger charge is 2.26. The van der Waals surface area contributed by atoms with Gasteiger partial charge in [0.05, 0.1) is 5.56 Å². The molecule has 0 radical (unpaired) electrons. The number of carboxylic acids is 1. The van der Waals surface area contributed by atoms with Gasteiger partial charge in [-0.05, 0) is 43.9 Å². The van der Waals surface area contributed by atoms with E-state index < -0.39 is 5.97 Å². The van der Waals surface area contributed by atoms with Crippen molar-refractivity contribution in [3.8, 4) is 0 Å². The largest absolute Gasteiger partial charge is 0.478 e. The molecule has 0 aliphatic heterocycles. The van der Waals surface area contributed by atoms with Crippen LogP contribution in [0.15, 0.2) is 18.2 Å². The predicted octanol–water partition coefficient (Wildman–Crippen LogP) is 3.59. The lowest BCUT2D eigenvalue weighted by atomic mass is 9.81. The molecule has 0 aromatic heterocycles. The molecular weight excluding hydrogens is 240 g/mol. The molecule has 4 heteroatoms. The number of anilines is 2. The van der Waals surface area contributed by atoms with Crippen LogP contribution in [0, 0.1) is 5.41 Å². The van der Waals surface area contributed by atoms with Crippen LogP contribution in [-0.4, -0.2) is 16.6 Å². The van der Waals surface area contributed by atoms with Gasteiger partial charge >= 0.3 is 5.97 Å². The molecule has 0 aliphatic rings. The van der Waals surface area contributed by atoms with Gasteiger partial charge in [-0.2, -0.15) is 0 Å². The Morgan fingerprint density at radius 2 is 1.84 bits per heavy atom. The van der Waals surface area contributed by atoms with Crippen LogP contribution in [0.5, 0.6) is 0 Å². The molecule has 1 rings (SSSR count). The number of nitrogen functional groups attached to an aromatic ring is 1. The summed E-state index contributed by atoms with van der Waals surface area (Å²) in [6, 6.07) is 4.92. The molecule has 0 saturated carbocycles. The topological polar surface area (TPSA) is 75.3 Å². The number of carbonyl (C=O) groups is 1. The molecule has 0 unspecified atom stereocenters. The van der Waals surface area contributed by atoms with Crippen molar-refractivity contribution in [1.29, 1.82) is 0 Å². The Bertz CT molecular complexity index is 474. The maximum absolute atomic E-state index is 11.2. The van der Waals surface area contributed by atoms with Gasteiger partial charge in [0.15, 0.2) is 0 Å². The van der Waals surface area contributed by atoms with E-state index in [0.717, 1.165) is 6.42 Å². The lowest BCUT2D eigenvalue weighted by molar-refractivity contribution is 0.0698. The lowest BCUT2D eigenvalue weighted by Crippen LogP contribution is -2.36. The molecule has 0 heterocycles. The summed E-state index contributed by atoms with van der Waals surface area (Å²) in [7, 11) is 0. The maximum atomic E-state index is 11.2. The Kier molecular flexibility index (Phi) is 4.13. The van der Waals surface area contributed by atoms with Crippen LogP contribution in [0.25, 0.3) is 0 Å². The Labute approximate surface area is 115 Å². The standard InChI is InChI=1S/C15H24N2O2/c1-14(2,3)9-15(4,5)17-12-7-6-10(16)8-11(12)13(18)19/h6-8,17H,9,16H2,1-5H3,(H,18,19). The highest BCUT2D eigenvalue weighted by atomic mass is 16.4. The van der Waals surface area contributed by atoms with E-state index in [1.165, 1.54) is 6.07 Å². The van der Waals surface area contributed by atoms with Crippen molar-refractivity contribution in [2.24, 2.45) is 5.41 Å². The SMILES string of the molecule is CC(C)(C)CC(C)(C)Nc1ccc(N)cc1C(=O)O. The molecule has 106 valence electrons. The van der Waals surface area contributed by atoms with Gasteiger partial charge in [-0.3, -0.25) is 0 Å². The lowest BCUT2D eigenvalue weighted by Gasteiger charge is -2.34. The molecule has 1 aromatic rings. The number of hydrogen-bond donors (Lipinski definition) is 3. The van der Waals surface area contributed by atoms with Crippen molar-refractivity contribution in [1.82, 2.24) is 0 Å². The first-order valence-corrected chi connectivity index (χ1v) is 6.41. The summed E-state index contributed by atoms with van der Waals surface area (Å²) >= 11 is 0. The van der Waals surface area contributed by atoms with Gasteiger partial charge in [0, 0.05) is 16.9 Å². The van der Waals surface area contributed by atoms with Crippen LogP contribution >= 0.6 is 0 Å². The molecule has 0 saturated heterocycles. The van der Waals surface area contributed by atoms with Crippen molar-refractivity contribution in [3.05, 3.63) is 23.8 Å². The summed E-state index contributed by atoms with van der Waals surface area (Å²) in [6.45, 7) is 10.6. The van der Waals surface area contributed by atoms with Crippen LogP contribution in [0.1, 0.15) is 51.4 Å². The first-order valence-electron chi connectivity index (χ1n) is 6.41. The Hall–Kier alpha value is -1.71. The van der Waals surface area contributed by atoms with Gasteiger partial charge in [-0.1, -0.05) is 20.8 Å². The van der Waals surface area contributed by atoms with Crippen LogP contribution in [-0.2, 0) is 0 Å². The molecule has 4 nitrogen and oxygen atoms in total. The first kappa shape index (κ1) is 15.3. The fraction of sp³-hybridized carbons (Fsp3) is 0.533. The zero-order chi connectivity index (χ0) is 14.8. The average molecular weight is 264 g/mol. The van der Waals surface area contributed by atoms with E-state index >= 15 is 0 Å². The molecule has 4 N–H and O–H groups in total. The quantitative estimate of drug-likeness (QED) is 0.726. The zero-order valence-electron chi connectivity index (χ0n) is 12.4. The molecule has 1 aromatic carbocycles. The van der Waals surface area contributed by atoms with E-state index in [1.807, 2.05) is 0 Å². The fourth-order valence-corrected chi connectivity index (χ4v) is 2.58. The molecule has 19 heavy (non-hydrogen) atoms. The van der Waals surface area contributed by atoms with E-state index in [9.17, 15) is 9.90 Å². The molecule has 0 aliphatic carbocycles. The Balaban J connectivity index is 3.02. The Morgan fingerprint density at radius 3 is 2.32 bits per heavy atom. The Morgan fingerprint density at radius 1 is 1.26 bits per heavy atom. The second-order valence-corrected chi connectivity index (χ2v) is 6.86. The summed E-state index contributed by atoms with van der Waals surface area (Å²) in [5.74, 6) is -0.971.